The first-order valence-corrected chi connectivity index (χ1v) is 4.77. The summed E-state index contributed by atoms with van der Waals surface area (Å²) in [7, 11) is 0. The van der Waals surface area contributed by atoms with Crippen LogP contribution in [0.2, 0.25) is 5.02 Å². The van der Waals surface area contributed by atoms with E-state index in [9.17, 15) is 4.79 Å². The number of Topliss-reactive ketones (excluding diaryl/α,β-unsaturated/α-hetero) is 1. The summed E-state index contributed by atoms with van der Waals surface area (Å²) in [6, 6.07) is 5.57. The van der Waals surface area contributed by atoms with Crippen molar-refractivity contribution in [3.63, 3.8) is 0 Å². The minimum absolute atomic E-state index is 0.0658. The number of aryl methyl sites for hydroxylation is 1. The number of fused-ring (bicyclic) bond motifs is 1. The highest BCUT2D eigenvalue weighted by Crippen LogP contribution is 2.27. The van der Waals surface area contributed by atoms with Crippen molar-refractivity contribution < 1.29 is 4.79 Å². The van der Waals surface area contributed by atoms with E-state index in [-0.39, 0.29) is 5.78 Å². The van der Waals surface area contributed by atoms with Crippen molar-refractivity contribution in [1.82, 2.24) is 4.98 Å². The van der Waals surface area contributed by atoms with Crippen LogP contribution in [0.25, 0.3) is 10.9 Å². The van der Waals surface area contributed by atoms with Gasteiger partial charge in [0.05, 0.1) is 10.5 Å². The lowest BCUT2D eigenvalue weighted by molar-refractivity contribution is 0.101. The van der Waals surface area contributed by atoms with Crippen LogP contribution in [0.3, 0.4) is 0 Å². The monoisotopic (exact) mass is 207 g/mol. The molecule has 0 atom stereocenters. The number of carbonyl (C=O) groups excluding carboxylic acids is 1. The van der Waals surface area contributed by atoms with Crippen molar-refractivity contribution in [2.75, 3.05) is 0 Å². The molecular formula is C11H10ClNO. The Kier molecular flexibility index (Phi) is 2.08. The molecule has 2 nitrogen and oxygen atoms in total. The lowest BCUT2D eigenvalue weighted by atomic mass is 10.1. The van der Waals surface area contributed by atoms with Crippen molar-refractivity contribution in [3.05, 3.63) is 34.5 Å². The number of rotatable bonds is 1. The Morgan fingerprint density at radius 3 is 2.79 bits per heavy atom. The van der Waals surface area contributed by atoms with Crippen LogP contribution in [0.4, 0.5) is 0 Å². The van der Waals surface area contributed by atoms with E-state index in [1.807, 2.05) is 25.1 Å². The van der Waals surface area contributed by atoms with E-state index in [1.54, 1.807) is 6.92 Å². The van der Waals surface area contributed by atoms with Crippen LogP contribution < -0.4 is 0 Å². The van der Waals surface area contributed by atoms with E-state index in [2.05, 4.69) is 4.98 Å². The third-order valence-corrected chi connectivity index (χ3v) is 2.64. The molecule has 72 valence electrons. The van der Waals surface area contributed by atoms with Crippen molar-refractivity contribution in [2.24, 2.45) is 0 Å². The van der Waals surface area contributed by atoms with Gasteiger partial charge in [0.1, 0.15) is 0 Å². The van der Waals surface area contributed by atoms with Crippen molar-refractivity contribution in [1.29, 1.82) is 0 Å². The maximum absolute atomic E-state index is 11.4. The first-order valence-electron chi connectivity index (χ1n) is 4.39. The van der Waals surface area contributed by atoms with E-state index in [4.69, 9.17) is 11.6 Å². The topological polar surface area (TPSA) is 32.9 Å². The molecule has 0 saturated heterocycles. The van der Waals surface area contributed by atoms with Gasteiger partial charge in [-0.25, -0.2) is 0 Å². The molecule has 1 aromatic heterocycles. The molecule has 0 aliphatic heterocycles. The predicted molar refractivity (Wildman–Crippen MR) is 58.1 cm³/mol. The second-order valence-electron chi connectivity index (χ2n) is 3.34. The molecule has 0 aliphatic carbocycles. The van der Waals surface area contributed by atoms with Crippen molar-refractivity contribution in [3.8, 4) is 0 Å². The average Bonchev–Trinajstić information content (AvgIpc) is 2.42. The summed E-state index contributed by atoms with van der Waals surface area (Å²) in [4.78, 5) is 14.5. The van der Waals surface area contributed by atoms with Gasteiger partial charge in [0.15, 0.2) is 5.78 Å². The van der Waals surface area contributed by atoms with Crippen molar-refractivity contribution >= 4 is 28.3 Å². The number of hydrogen-bond donors (Lipinski definition) is 1. The standard InChI is InChI=1S/C11H10ClNO/c1-6-10(7(2)14)8-4-3-5-9(12)11(8)13-6/h3-5,13H,1-2H3. The number of aromatic amines is 1. The highest BCUT2D eigenvalue weighted by atomic mass is 35.5. The molecule has 0 aliphatic rings. The summed E-state index contributed by atoms with van der Waals surface area (Å²) in [5.41, 5.74) is 2.46. The zero-order valence-corrected chi connectivity index (χ0v) is 8.77. The Labute approximate surface area is 86.9 Å². The third-order valence-electron chi connectivity index (χ3n) is 2.32. The second kappa shape index (κ2) is 3.14. The van der Waals surface area contributed by atoms with Gasteiger partial charge in [-0.1, -0.05) is 23.7 Å². The molecule has 0 unspecified atom stereocenters. The predicted octanol–water partition coefficient (Wildman–Crippen LogP) is 3.33. The fourth-order valence-corrected chi connectivity index (χ4v) is 1.99. The van der Waals surface area contributed by atoms with Gasteiger partial charge in [-0.05, 0) is 19.9 Å². The normalized spacial score (nSPS) is 10.8. The first-order chi connectivity index (χ1) is 6.61. The number of halogens is 1. The van der Waals surface area contributed by atoms with Gasteiger partial charge in [-0.2, -0.15) is 0 Å². The quantitative estimate of drug-likeness (QED) is 0.715. The second-order valence-corrected chi connectivity index (χ2v) is 3.75. The van der Waals surface area contributed by atoms with Crippen LogP contribution >= 0.6 is 11.6 Å². The Morgan fingerprint density at radius 2 is 2.14 bits per heavy atom. The SMILES string of the molecule is CC(=O)c1c(C)[nH]c2c(Cl)cccc12. The van der Waals surface area contributed by atoms with Crippen molar-refractivity contribution in [2.45, 2.75) is 13.8 Å². The molecule has 2 rings (SSSR count). The highest BCUT2D eigenvalue weighted by molar-refractivity contribution is 6.35. The van der Waals surface area contributed by atoms with Gasteiger partial charge in [0.2, 0.25) is 0 Å². The summed E-state index contributed by atoms with van der Waals surface area (Å²) < 4.78 is 0. The first kappa shape index (κ1) is 9.28. The van der Waals surface area contributed by atoms with Crippen LogP contribution in [0.5, 0.6) is 0 Å². The van der Waals surface area contributed by atoms with E-state index < -0.39 is 0 Å². The summed E-state index contributed by atoms with van der Waals surface area (Å²) >= 11 is 6.00. The zero-order valence-electron chi connectivity index (χ0n) is 8.02. The summed E-state index contributed by atoms with van der Waals surface area (Å²) in [6.07, 6.45) is 0. The van der Waals surface area contributed by atoms with Crippen LogP contribution in [0.1, 0.15) is 23.0 Å². The van der Waals surface area contributed by atoms with E-state index in [0.29, 0.717) is 5.02 Å². The number of aromatic nitrogens is 1. The molecule has 1 heterocycles. The number of nitrogens with one attached hydrogen (secondary N) is 1. The van der Waals surface area contributed by atoms with Crippen LogP contribution in [0.15, 0.2) is 18.2 Å². The molecule has 1 N–H and O–H groups in total. The van der Waals surface area contributed by atoms with E-state index in [0.717, 1.165) is 22.2 Å². The fraction of sp³-hybridized carbons (Fsp3) is 0.182. The molecule has 0 saturated carbocycles. The van der Waals surface area contributed by atoms with Crippen LogP contribution in [0, 0.1) is 6.92 Å². The molecule has 0 spiro atoms. The molecule has 1 aromatic carbocycles. The summed E-state index contributed by atoms with van der Waals surface area (Å²) in [5, 5.41) is 1.56. The van der Waals surface area contributed by atoms with Gasteiger partial charge >= 0.3 is 0 Å². The Morgan fingerprint density at radius 1 is 1.43 bits per heavy atom. The minimum Gasteiger partial charge on any atom is -0.357 e. The largest absolute Gasteiger partial charge is 0.357 e. The molecule has 0 amide bonds. The van der Waals surface area contributed by atoms with E-state index >= 15 is 0 Å². The molecule has 0 fully saturated rings. The van der Waals surface area contributed by atoms with Gasteiger partial charge in [0.25, 0.3) is 0 Å². The molecular weight excluding hydrogens is 198 g/mol. The van der Waals surface area contributed by atoms with Gasteiger partial charge in [0, 0.05) is 16.6 Å². The molecule has 0 radical (unpaired) electrons. The minimum atomic E-state index is 0.0658. The summed E-state index contributed by atoms with van der Waals surface area (Å²) in [6.45, 7) is 3.45. The number of para-hydroxylation sites is 1. The lowest BCUT2D eigenvalue weighted by Crippen LogP contribution is -1.92. The Bertz CT molecular complexity index is 513. The Hall–Kier alpha value is -1.28. The van der Waals surface area contributed by atoms with E-state index in [1.165, 1.54) is 0 Å². The van der Waals surface area contributed by atoms with Gasteiger partial charge in [-0.15, -0.1) is 0 Å². The highest BCUT2D eigenvalue weighted by Gasteiger charge is 2.13. The number of hydrogen-bond acceptors (Lipinski definition) is 1. The molecule has 2 aromatic rings. The number of benzene rings is 1. The fourth-order valence-electron chi connectivity index (χ4n) is 1.77. The maximum Gasteiger partial charge on any atom is 0.162 e. The number of ketones is 1. The lowest BCUT2D eigenvalue weighted by Gasteiger charge is -1.94. The number of carbonyl (C=O) groups is 1. The third kappa shape index (κ3) is 1.23. The van der Waals surface area contributed by atoms with Gasteiger partial charge < -0.3 is 4.98 Å². The molecule has 3 heteroatoms. The average molecular weight is 208 g/mol. The Balaban J connectivity index is 2.90. The van der Waals surface area contributed by atoms with Crippen LogP contribution in [-0.2, 0) is 0 Å². The summed E-state index contributed by atoms with van der Waals surface area (Å²) in [5.74, 6) is 0.0658. The maximum atomic E-state index is 11.4. The molecule has 14 heavy (non-hydrogen) atoms. The smallest absolute Gasteiger partial charge is 0.162 e. The van der Waals surface area contributed by atoms with Crippen LogP contribution in [-0.4, -0.2) is 10.8 Å². The molecule has 0 bridgehead atoms. The zero-order chi connectivity index (χ0) is 10.3. The number of H-pyrrole nitrogens is 1. The van der Waals surface area contributed by atoms with Gasteiger partial charge in [-0.3, -0.25) is 4.79 Å².